The Balaban J connectivity index is 2.07. The molecule has 0 aromatic carbocycles. The summed E-state index contributed by atoms with van der Waals surface area (Å²) in [6.07, 6.45) is 2.21. The van der Waals surface area contributed by atoms with Crippen molar-refractivity contribution in [2.75, 3.05) is 5.32 Å². The number of rotatable bonds is 3. The van der Waals surface area contributed by atoms with E-state index in [2.05, 4.69) is 5.32 Å². The number of carboxylic acid groups (broad SMARTS) is 1. The minimum Gasteiger partial charge on any atom is -0.480 e. The number of carboxylic acids is 1. The normalized spacial score (nSPS) is 17.4. The Hall–Kier alpha value is -1.78. The number of furan rings is 1. The van der Waals surface area contributed by atoms with Gasteiger partial charge < -0.3 is 9.52 Å². The SMILES string of the molecule is O=C(O)C1(C(=O)Nc2ccco2)CC1. The third-order valence-corrected chi connectivity index (χ3v) is 2.35. The fourth-order valence-corrected chi connectivity index (χ4v) is 1.24. The van der Waals surface area contributed by atoms with Crippen molar-refractivity contribution in [2.24, 2.45) is 5.41 Å². The minimum atomic E-state index is -1.22. The Kier molecular flexibility index (Phi) is 1.80. The average Bonchev–Trinajstić information content (AvgIpc) is 2.81. The fourth-order valence-electron chi connectivity index (χ4n) is 1.24. The molecule has 0 saturated heterocycles. The first-order valence-electron chi connectivity index (χ1n) is 4.23. The van der Waals surface area contributed by atoms with E-state index in [4.69, 9.17) is 9.52 Å². The molecule has 0 aliphatic heterocycles. The molecule has 1 aliphatic carbocycles. The molecular weight excluding hydrogens is 186 g/mol. The molecule has 1 aromatic heterocycles. The van der Waals surface area contributed by atoms with Gasteiger partial charge in [-0.1, -0.05) is 0 Å². The summed E-state index contributed by atoms with van der Waals surface area (Å²) in [6.45, 7) is 0. The molecule has 0 atom stereocenters. The first-order chi connectivity index (χ1) is 6.65. The molecule has 0 unspecified atom stereocenters. The van der Waals surface area contributed by atoms with Gasteiger partial charge in [0.25, 0.3) is 0 Å². The lowest BCUT2D eigenvalue weighted by Crippen LogP contribution is -2.31. The van der Waals surface area contributed by atoms with Crippen LogP contribution in [0.3, 0.4) is 0 Å². The Morgan fingerprint density at radius 1 is 1.50 bits per heavy atom. The number of carbonyl (C=O) groups is 2. The molecule has 1 saturated carbocycles. The van der Waals surface area contributed by atoms with Gasteiger partial charge in [-0.25, -0.2) is 0 Å². The second kappa shape index (κ2) is 2.87. The van der Waals surface area contributed by atoms with Gasteiger partial charge in [0.05, 0.1) is 6.26 Å². The van der Waals surface area contributed by atoms with Gasteiger partial charge >= 0.3 is 5.97 Å². The maximum absolute atomic E-state index is 11.5. The third-order valence-electron chi connectivity index (χ3n) is 2.35. The van der Waals surface area contributed by atoms with Crippen LogP contribution in [0, 0.1) is 5.41 Å². The highest BCUT2D eigenvalue weighted by atomic mass is 16.4. The number of aliphatic carboxylic acids is 1. The van der Waals surface area contributed by atoms with Crippen molar-refractivity contribution < 1.29 is 19.1 Å². The highest BCUT2D eigenvalue weighted by Crippen LogP contribution is 2.46. The first kappa shape index (κ1) is 8.80. The van der Waals surface area contributed by atoms with Crippen LogP contribution in [-0.2, 0) is 9.59 Å². The van der Waals surface area contributed by atoms with Crippen LogP contribution in [0.4, 0.5) is 5.88 Å². The number of amides is 1. The monoisotopic (exact) mass is 195 g/mol. The van der Waals surface area contributed by atoms with Gasteiger partial charge in [-0.05, 0) is 18.9 Å². The quantitative estimate of drug-likeness (QED) is 0.707. The Labute approximate surface area is 79.7 Å². The molecule has 0 bridgehead atoms. The molecule has 1 heterocycles. The Bertz CT molecular complexity index is 364. The summed E-state index contributed by atoms with van der Waals surface area (Å²) < 4.78 is 4.88. The molecule has 0 radical (unpaired) electrons. The number of anilines is 1. The van der Waals surface area contributed by atoms with E-state index in [9.17, 15) is 9.59 Å². The zero-order valence-corrected chi connectivity index (χ0v) is 7.32. The lowest BCUT2D eigenvalue weighted by molar-refractivity contribution is -0.147. The van der Waals surface area contributed by atoms with E-state index < -0.39 is 17.3 Å². The van der Waals surface area contributed by atoms with Gasteiger partial charge in [0.1, 0.15) is 5.41 Å². The van der Waals surface area contributed by atoms with Crippen molar-refractivity contribution in [1.82, 2.24) is 0 Å². The number of hydrogen-bond acceptors (Lipinski definition) is 3. The van der Waals surface area contributed by atoms with E-state index in [1.807, 2.05) is 0 Å². The van der Waals surface area contributed by atoms with Gasteiger partial charge in [-0.2, -0.15) is 0 Å². The lowest BCUT2D eigenvalue weighted by atomic mass is 10.1. The Morgan fingerprint density at radius 3 is 2.64 bits per heavy atom. The molecule has 2 N–H and O–H groups in total. The van der Waals surface area contributed by atoms with Crippen LogP contribution in [0.1, 0.15) is 12.8 Å². The smallest absolute Gasteiger partial charge is 0.319 e. The van der Waals surface area contributed by atoms with Crippen LogP contribution in [0.5, 0.6) is 0 Å². The van der Waals surface area contributed by atoms with Crippen molar-refractivity contribution >= 4 is 17.8 Å². The second-order valence-corrected chi connectivity index (χ2v) is 3.32. The predicted molar refractivity (Wildman–Crippen MR) is 46.6 cm³/mol. The molecule has 2 rings (SSSR count). The van der Waals surface area contributed by atoms with Gasteiger partial charge in [0.2, 0.25) is 5.91 Å². The summed E-state index contributed by atoms with van der Waals surface area (Å²) in [7, 11) is 0. The van der Waals surface area contributed by atoms with Gasteiger partial charge in [-0.15, -0.1) is 0 Å². The van der Waals surface area contributed by atoms with E-state index >= 15 is 0 Å². The fraction of sp³-hybridized carbons (Fsp3) is 0.333. The van der Waals surface area contributed by atoms with Gasteiger partial charge in [0, 0.05) is 6.07 Å². The maximum atomic E-state index is 11.5. The summed E-state index contributed by atoms with van der Waals surface area (Å²) in [5, 5.41) is 11.2. The zero-order valence-electron chi connectivity index (χ0n) is 7.32. The molecule has 1 fully saturated rings. The summed E-state index contributed by atoms with van der Waals surface area (Å²) in [5.74, 6) is -1.29. The first-order valence-corrected chi connectivity index (χ1v) is 4.23. The van der Waals surface area contributed by atoms with Crippen LogP contribution in [0.2, 0.25) is 0 Å². The average molecular weight is 195 g/mol. The highest BCUT2D eigenvalue weighted by molar-refractivity contribution is 6.10. The van der Waals surface area contributed by atoms with Crippen molar-refractivity contribution in [1.29, 1.82) is 0 Å². The molecule has 14 heavy (non-hydrogen) atoms. The summed E-state index contributed by atoms with van der Waals surface area (Å²) in [6, 6.07) is 3.19. The highest BCUT2D eigenvalue weighted by Gasteiger charge is 2.57. The maximum Gasteiger partial charge on any atom is 0.319 e. The van der Waals surface area contributed by atoms with E-state index in [1.54, 1.807) is 12.1 Å². The molecule has 0 spiro atoms. The standard InChI is InChI=1S/C9H9NO4/c11-7(9(3-4-9)8(12)13)10-6-2-1-5-14-6/h1-2,5H,3-4H2,(H,10,11)(H,12,13). The van der Waals surface area contributed by atoms with Crippen LogP contribution >= 0.6 is 0 Å². The van der Waals surface area contributed by atoms with Gasteiger partial charge in [-0.3, -0.25) is 14.9 Å². The summed E-state index contributed by atoms with van der Waals surface area (Å²) >= 11 is 0. The van der Waals surface area contributed by atoms with E-state index in [0.29, 0.717) is 12.8 Å². The molecule has 1 amide bonds. The second-order valence-electron chi connectivity index (χ2n) is 3.32. The molecular formula is C9H9NO4. The van der Waals surface area contributed by atoms with Crippen LogP contribution in [-0.4, -0.2) is 17.0 Å². The van der Waals surface area contributed by atoms with E-state index in [0.717, 1.165) is 0 Å². The Morgan fingerprint density at radius 2 is 2.21 bits per heavy atom. The molecule has 5 heteroatoms. The number of hydrogen-bond donors (Lipinski definition) is 2. The van der Waals surface area contributed by atoms with E-state index in [-0.39, 0.29) is 5.88 Å². The van der Waals surface area contributed by atoms with Crippen molar-refractivity contribution in [2.45, 2.75) is 12.8 Å². The topological polar surface area (TPSA) is 79.5 Å². The minimum absolute atomic E-state index is 0.280. The van der Waals surface area contributed by atoms with E-state index in [1.165, 1.54) is 6.26 Å². The predicted octanol–water partition coefficient (Wildman–Crippen LogP) is 1.08. The van der Waals surface area contributed by atoms with Crippen molar-refractivity contribution in [3.05, 3.63) is 18.4 Å². The van der Waals surface area contributed by atoms with Gasteiger partial charge in [0.15, 0.2) is 5.88 Å². The van der Waals surface area contributed by atoms with Crippen LogP contribution < -0.4 is 5.32 Å². The third kappa shape index (κ3) is 1.26. The van der Waals surface area contributed by atoms with Crippen LogP contribution in [0.15, 0.2) is 22.8 Å². The number of carbonyl (C=O) groups excluding carboxylic acids is 1. The van der Waals surface area contributed by atoms with Crippen molar-refractivity contribution in [3.8, 4) is 0 Å². The van der Waals surface area contributed by atoms with Crippen LogP contribution in [0.25, 0.3) is 0 Å². The molecule has 5 nitrogen and oxygen atoms in total. The molecule has 1 aromatic rings. The largest absolute Gasteiger partial charge is 0.480 e. The summed E-state index contributed by atoms with van der Waals surface area (Å²) in [5.41, 5.74) is -1.22. The zero-order chi connectivity index (χ0) is 10.2. The number of nitrogens with one attached hydrogen (secondary N) is 1. The van der Waals surface area contributed by atoms with Crippen molar-refractivity contribution in [3.63, 3.8) is 0 Å². The lowest BCUT2D eigenvalue weighted by Gasteiger charge is -2.07. The molecule has 74 valence electrons. The summed E-state index contributed by atoms with van der Waals surface area (Å²) in [4.78, 5) is 22.2. The molecule has 1 aliphatic rings.